The maximum Gasteiger partial charge on any atom is 0.316 e. The Balaban J connectivity index is 2.16. The van der Waals surface area contributed by atoms with Gasteiger partial charge in [0.1, 0.15) is 11.0 Å². The summed E-state index contributed by atoms with van der Waals surface area (Å²) in [5, 5.41) is 0. The topological polar surface area (TPSA) is 52.6 Å². The molecular weight excluding hydrogens is 196 g/mol. The third-order valence-electron chi connectivity index (χ3n) is 3.62. The van der Waals surface area contributed by atoms with Crippen LogP contribution < -0.4 is 0 Å². The first-order valence-electron chi connectivity index (χ1n) is 5.37. The third kappa shape index (κ3) is 1.13. The van der Waals surface area contributed by atoms with Crippen molar-refractivity contribution in [3.05, 3.63) is 0 Å². The smallest absolute Gasteiger partial charge is 0.316 e. The van der Waals surface area contributed by atoms with Crippen LogP contribution in [0.15, 0.2) is 0 Å². The molecule has 0 aromatic carbocycles. The lowest BCUT2D eigenvalue weighted by Crippen LogP contribution is -2.45. The van der Waals surface area contributed by atoms with Gasteiger partial charge in [-0.25, -0.2) is 0 Å². The zero-order valence-electron chi connectivity index (χ0n) is 9.33. The highest BCUT2D eigenvalue weighted by Gasteiger charge is 2.81. The molecule has 0 amide bonds. The summed E-state index contributed by atoms with van der Waals surface area (Å²) in [5.74, 6) is -0.279. The molecule has 15 heavy (non-hydrogen) atoms. The van der Waals surface area contributed by atoms with Crippen LogP contribution in [0.1, 0.15) is 33.6 Å². The largest absolute Gasteiger partial charge is 0.465 e. The molecule has 2 atom stereocenters. The van der Waals surface area contributed by atoms with Crippen LogP contribution in [-0.4, -0.2) is 24.1 Å². The molecule has 1 saturated carbocycles. The second-order valence-corrected chi connectivity index (χ2v) is 4.67. The summed E-state index contributed by atoms with van der Waals surface area (Å²) in [6.07, 6.45) is 0.992. The van der Waals surface area contributed by atoms with Crippen molar-refractivity contribution in [1.29, 1.82) is 0 Å². The highest BCUT2D eigenvalue weighted by atomic mass is 16.6. The molecule has 1 heterocycles. The monoisotopic (exact) mass is 212 g/mol. The van der Waals surface area contributed by atoms with Crippen molar-refractivity contribution in [2.24, 2.45) is 11.3 Å². The summed E-state index contributed by atoms with van der Waals surface area (Å²) in [5.41, 5.74) is -1.10. The van der Waals surface area contributed by atoms with Crippen molar-refractivity contribution in [1.82, 2.24) is 0 Å². The molecule has 0 bridgehead atoms. The van der Waals surface area contributed by atoms with Crippen LogP contribution in [0, 0.1) is 11.3 Å². The zero-order chi connectivity index (χ0) is 11.3. The third-order valence-corrected chi connectivity index (χ3v) is 3.62. The van der Waals surface area contributed by atoms with Gasteiger partial charge in [-0.1, -0.05) is 13.8 Å². The first-order valence-corrected chi connectivity index (χ1v) is 5.37. The molecule has 1 aliphatic heterocycles. The Morgan fingerprint density at radius 1 is 1.60 bits per heavy atom. The molecule has 2 fully saturated rings. The van der Waals surface area contributed by atoms with Gasteiger partial charge in [0.25, 0.3) is 0 Å². The molecule has 1 spiro atoms. The van der Waals surface area contributed by atoms with Crippen LogP contribution in [0.4, 0.5) is 0 Å². The molecule has 84 valence electrons. The highest BCUT2D eigenvalue weighted by molar-refractivity contribution is 5.90. The van der Waals surface area contributed by atoms with E-state index in [0.717, 1.165) is 0 Å². The number of esters is 2. The number of carbonyl (C=O) groups is 2. The van der Waals surface area contributed by atoms with Crippen LogP contribution in [0.5, 0.6) is 0 Å². The second kappa shape index (κ2) is 2.97. The SMILES string of the molecule is CCOC(=O)[C@@]1(C(C)C)C[C@@]12CC(=O)O2. The Morgan fingerprint density at radius 2 is 2.20 bits per heavy atom. The Labute approximate surface area is 88.9 Å². The predicted octanol–water partition coefficient (Wildman–Crippen LogP) is 1.28. The first kappa shape index (κ1) is 10.5. The summed E-state index contributed by atoms with van der Waals surface area (Å²) >= 11 is 0. The van der Waals surface area contributed by atoms with Gasteiger partial charge in [-0.05, 0) is 12.8 Å². The fourth-order valence-electron chi connectivity index (χ4n) is 2.68. The van der Waals surface area contributed by atoms with Gasteiger partial charge in [-0.15, -0.1) is 0 Å². The summed E-state index contributed by atoms with van der Waals surface area (Å²) in [4.78, 5) is 22.7. The van der Waals surface area contributed by atoms with Crippen molar-refractivity contribution in [2.75, 3.05) is 6.61 Å². The molecule has 1 saturated heterocycles. The van der Waals surface area contributed by atoms with Crippen molar-refractivity contribution in [3.8, 4) is 0 Å². The highest BCUT2D eigenvalue weighted by Crippen LogP contribution is 2.69. The molecule has 0 aromatic heterocycles. The molecule has 0 radical (unpaired) electrons. The fourth-order valence-corrected chi connectivity index (χ4v) is 2.68. The minimum atomic E-state index is -0.572. The van der Waals surface area contributed by atoms with E-state index in [0.29, 0.717) is 19.4 Å². The van der Waals surface area contributed by atoms with E-state index in [2.05, 4.69) is 0 Å². The van der Waals surface area contributed by atoms with Crippen molar-refractivity contribution >= 4 is 11.9 Å². The van der Waals surface area contributed by atoms with Crippen LogP contribution in [0.25, 0.3) is 0 Å². The summed E-state index contributed by atoms with van der Waals surface area (Å²) < 4.78 is 10.2. The molecule has 0 N–H and O–H groups in total. The average molecular weight is 212 g/mol. The van der Waals surface area contributed by atoms with Crippen molar-refractivity contribution in [3.63, 3.8) is 0 Å². The van der Waals surface area contributed by atoms with Gasteiger partial charge in [-0.2, -0.15) is 0 Å². The second-order valence-electron chi connectivity index (χ2n) is 4.67. The molecule has 0 aromatic rings. The maximum atomic E-state index is 11.9. The lowest BCUT2D eigenvalue weighted by Gasteiger charge is -2.32. The van der Waals surface area contributed by atoms with Gasteiger partial charge in [0.05, 0.1) is 13.0 Å². The number of rotatable bonds is 3. The average Bonchev–Trinajstić information content (AvgIpc) is 2.76. The molecular formula is C11H16O4. The quantitative estimate of drug-likeness (QED) is 0.661. The summed E-state index contributed by atoms with van der Waals surface area (Å²) in [6.45, 7) is 6.10. The van der Waals surface area contributed by atoms with Gasteiger partial charge < -0.3 is 9.47 Å². The molecule has 2 aliphatic rings. The van der Waals surface area contributed by atoms with Crippen LogP contribution >= 0.6 is 0 Å². The standard InChI is InChI=1S/C11H16O4/c1-4-14-9(13)11(7(2)3)6-10(11)5-8(12)15-10/h7H,4-6H2,1-3H3/t10-,11-/m0/s1. The molecule has 2 rings (SSSR count). The van der Waals surface area contributed by atoms with E-state index in [1.54, 1.807) is 6.92 Å². The predicted molar refractivity (Wildman–Crippen MR) is 52.0 cm³/mol. The zero-order valence-corrected chi connectivity index (χ0v) is 9.33. The number of carbonyl (C=O) groups excluding carboxylic acids is 2. The molecule has 4 nitrogen and oxygen atoms in total. The van der Waals surface area contributed by atoms with E-state index in [9.17, 15) is 9.59 Å². The van der Waals surface area contributed by atoms with Crippen LogP contribution in [-0.2, 0) is 19.1 Å². The normalized spacial score (nSPS) is 37.5. The fraction of sp³-hybridized carbons (Fsp3) is 0.818. The Bertz CT molecular complexity index is 313. The molecule has 4 heteroatoms. The molecule has 1 aliphatic carbocycles. The van der Waals surface area contributed by atoms with Gasteiger partial charge in [0, 0.05) is 6.42 Å². The lowest BCUT2D eigenvalue weighted by molar-refractivity contribution is -0.185. The van der Waals surface area contributed by atoms with E-state index in [-0.39, 0.29) is 17.9 Å². The van der Waals surface area contributed by atoms with Gasteiger partial charge in [0.2, 0.25) is 0 Å². The van der Waals surface area contributed by atoms with E-state index in [1.807, 2.05) is 13.8 Å². The summed E-state index contributed by atoms with van der Waals surface area (Å²) in [7, 11) is 0. The Hall–Kier alpha value is -1.06. The van der Waals surface area contributed by atoms with Crippen molar-refractivity contribution < 1.29 is 19.1 Å². The van der Waals surface area contributed by atoms with Gasteiger partial charge >= 0.3 is 11.9 Å². The van der Waals surface area contributed by atoms with Gasteiger partial charge in [-0.3, -0.25) is 9.59 Å². The minimum absolute atomic E-state index is 0.143. The maximum absolute atomic E-state index is 11.9. The van der Waals surface area contributed by atoms with E-state index in [4.69, 9.17) is 9.47 Å². The van der Waals surface area contributed by atoms with Gasteiger partial charge in [0.15, 0.2) is 0 Å². The van der Waals surface area contributed by atoms with E-state index < -0.39 is 11.0 Å². The minimum Gasteiger partial charge on any atom is -0.465 e. The van der Waals surface area contributed by atoms with E-state index >= 15 is 0 Å². The summed E-state index contributed by atoms with van der Waals surface area (Å²) in [6, 6.07) is 0. The number of hydrogen-bond donors (Lipinski definition) is 0. The molecule has 0 unspecified atom stereocenters. The van der Waals surface area contributed by atoms with Crippen molar-refractivity contribution in [2.45, 2.75) is 39.2 Å². The van der Waals surface area contributed by atoms with Crippen LogP contribution in [0.3, 0.4) is 0 Å². The van der Waals surface area contributed by atoms with Crippen LogP contribution in [0.2, 0.25) is 0 Å². The first-order chi connectivity index (χ1) is 6.98. The number of hydrogen-bond acceptors (Lipinski definition) is 4. The lowest BCUT2D eigenvalue weighted by atomic mass is 9.85. The Morgan fingerprint density at radius 3 is 2.60 bits per heavy atom. The van der Waals surface area contributed by atoms with E-state index in [1.165, 1.54) is 0 Å². The number of ether oxygens (including phenoxy) is 2. The Kier molecular flexibility index (Phi) is 2.07.